The van der Waals surface area contributed by atoms with Crippen LogP contribution in [0, 0.1) is 0 Å². The van der Waals surface area contributed by atoms with Crippen molar-refractivity contribution in [2.45, 2.75) is 12.5 Å². The molecule has 3 aromatic rings. The number of nitrogens with zero attached hydrogens (tertiary/aromatic N) is 1. The molecule has 0 aliphatic heterocycles. The SMILES string of the molecule is Cn1ccc(CC(N)c2ccc3occc3c2)c1. The van der Waals surface area contributed by atoms with E-state index in [2.05, 4.69) is 18.3 Å². The molecule has 1 atom stereocenters. The minimum Gasteiger partial charge on any atom is -0.464 e. The molecule has 0 saturated heterocycles. The smallest absolute Gasteiger partial charge is 0.133 e. The summed E-state index contributed by atoms with van der Waals surface area (Å²) in [5.74, 6) is 0. The minimum absolute atomic E-state index is 0.0201. The Morgan fingerprint density at radius 2 is 2.17 bits per heavy atom. The summed E-state index contributed by atoms with van der Waals surface area (Å²) in [7, 11) is 2.02. The van der Waals surface area contributed by atoms with E-state index in [-0.39, 0.29) is 6.04 Å². The molecule has 0 fully saturated rings. The molecule has 1 unspecified atom stereocenters. The molecule has 1 aromatic carbocycles. The van der Waals surface area contributed by atoms with E-state index in [1.165, 1.54) is 5.56 Å². The van der Waals surface area contributed by atoms with Crippen LogP contribution in [-0.2, 0) is 13.5 Å². The summed E-state index contributed by atoms with van der Waals surface area (Å²) in [6, 6.07) is 10.2. The molecule has 0 saturated carbocycles. The fraction of sp³-hybridized carbons (Fsp3) is 0.200. The van der Waals surface area contributed by atoms with Gasteiger partial charge in [-0.2, -0.15) is 0 Å². The molecule has 0 bridgehead atoms. The summed E-state index contributed by atoms with van der Waals surface area (Å²) in [4.78, 5) is 0. The highest BCUT2D eigenvalue weighted by Gasteiger charge is 2.09. The Morgan fingerprint density at radius 3 is 2.94 bits per heavy atom. The molecule has 2 N–H and O–H groups in total. The number of rotatable bonds is 3. The third kappa shape index (κ3) is 2.05. The molecule has 2 heterocycles. The second-order valence-corrected chi connectivity index (χ2v) is 4.71. The van der Waals surface area contributed by atoms with Gasteiger partial charge in [-0.05, 0) is 41.8 Å². The lowest BCUT2D eigenvalue weighted by Gasteiger charge is -2.11. The zero-order valence-corrected chi connectivity index (χ0v) is 10.3. The summed E-state index contributed by atoms with van der Waals surface area (Å²) in [5, 5.41) is 1.11. The topological polar surface area (TPSA) is 44.1 Å². The highest BCUT2D eigenvalue weighted by molar-refractivity contribution is 5.77. The van der Waals surface area contributed by atoms with E-state index in [1.54, 1.807) is 6.26 Å². The number of nitrogens with two attached hydrogens (primary N) is 1. The summed E-state index contributed by atoms with van der Waals surface area (Å²) >= 11 is 0. The normalized spacial score (nSPS) is 13.0. The van der Waals surface area contributed by atoms with Crippen LogP contribution < -0.4 is 5.73 Å². The molecule has 92 valence electrons. The maximum Gasteiger partial charge on any atom is 0.133 e. The zero-order chi connectivity index (χ0) is 12.5. The average Bonchev–Trinajstić information content (AvgIpc) is 2.96. The van der Waals surface area contributed by atoms with Crippen molar-refractivity contribution in [3.8, 4) is 0 Å². The maximum atomic E-state index is 6.26. The van der Waals surface area contributed by atoms with Gasteiger partial charge in [-0.15, -0.1) is 0 Å². The van der Waals surface area contributed by atoms with Crippen molar-refractivity contribution in [1.82, 2.24) is 4.57 Å². The monoisotopic (exact) mass is 240 g/mol. The lowest BCUT2D eigenvalue weighted by molar-refractivity contribution is 0.615. The van der Waals surface area contributed by atoms with Gasteiger partial charge in [0, 0.05) is 30.9 Å². The van der Waals surface area contributed by atoms with E-state index in [4.69, 9.17) is 10.2 Å². The maximum absolute atomic E-state index is 6.26. The van der Waals surface area contributed by atoms with Crippen LogP contribution in [0.25, 0.3) is 11.0 Å². The van der Waals surface area contributed by atoms with Gasteiger partial charge >= 0.3 is 0 Å². The number of hydrogen-bond acceptors (Lipinski definition) is 2. The van der Waals surface area contributed by atoms with Gasteiger partial charge in [0.15, 0.2) is 0 Å². The Kier molecular flexibility index (Phi) is 2.68. The Hall–Kier alpha value is -2.00. The van der Waals surface area contributed by atoms with Crippen LogP contribution in [0.1, 0.15) is 17.2 Å². The van der Waals surface area contributed by atoms with Crippen molar-refractivity contribution in [2.24, 2.45) is 12.8 Å². The largest absolute Gasteiger partial charge is 0.464 e. The van der Waals surface area contributed by atoms with Gasteiger partial charge in [0.05, 0.1) is 6.26 Å². The molecule has 0 radical (unpaired) electrons. The quantitative estimate of drug-likeness (QED) is 0.764. The first-order chi connectivity index (χ1) is 8.72. The molecule has 0 amide bonds. The molecule has 0 aliphatic rings. The summed E-state index contributed by atoms with van der Waals surface area (Å²) in [5.41, 5.74) is 9.57. The number of benzene rings is 1. The van der Waals surface area contributed by atoms with Crippen molar-refractivity contribution < 1.29 is 4.42 Å². The van der Waals surface area contributed by atoms with Gasteiger partial charge < -0.3 is 14.7 Å². The van der Waals surface area contributed by atoms with E-state index in [0.29, 0.717) is 0 Å². The van der Waals surface area contributed by atoms with Crippen LogP contribution in [0.4, 0.5) is 0 Å². The summed E-state index contributed by atoms with van der Waals surface area (Å²) < 4.78 is 7.37. The van der Waals surface area contributed by atoms with E-state index >= 15 is 0 Å². The van der Waals surface area contributed by atoms with Crippen LogP contribution in [0.2, 0.25) is 0 Å². The number of aryl methyl sites for hydroxylation is 1. The fourth-order valence-electron chi connectivity index (χ4n) is 2.27. The van der Waals surface area contributed by atoms with Crippen LogP contribution in [0.15, 0.2) is 53.4 Å². The zero-order valence-electron chi connectivity index (χ0n) is 10.3. The van der Waals surface area contributed by atoms with Crippen molar-refractivity contribution >= 4 is 11.0 Å². The van der Waals surface area contributed by atoms with E-state index in [1.807, 2.05) is 36.0 Å². The van der Waals surface area contributed by atoms with E-state index in [9.17, 15) is 0 Å². The molecule has 3 rings (SSSR count). The van der Waals surface area contributed by atoms with Crippen LogP contribution in [0.5, 0.6) is 0 Å². The highest BCUT2D eigenvalue weighted by Crippen LogP contribution is 2.22. The average molecular weight is 240 g/mol. The van der Waals surface area contributed by atoms with E-state index in [0.717, 1.165) is 23.0 Å². The number of aromatic nitrogens is 1. The van der Waals surface area contributed by atoms with Crippen molar-refractivity contribution in [3.05, 3.63) is 60.1 Å². The molecule has 3 heteroatoms. The molecular weight excluding hydrogens is 224 g/mol. The Bertz CT molecular complexity index is 666. The highest BCUT2D eigenvalue weighted by atomic mass is 16.3. The van der Waals surface area contributed by atoms with Crippen molar-refractivity contribution in [2.75, 3.05) is 0 Å². The molecule has 2 aromatic heterocycles. The van der Waals surface area contributed by atoms with Gasteiger partial charge in [0.2, 0.25) is 0 Å². The standard InChI is InChI=1S/C15H16N2O/c1-17-6-4-11(10-17)8-14(16)12-2-3-15-13(9-12)5-7-18-15/h2-7,9-10,14H,8,16H2,1H3. The van der Waals surface area contributed by atoms with E-state index < -0.39 is 0 Å². The number of fused-ring (bicyclic) bond motifs is 1. The third-order valence-corrected chi connectivity index (χ3v) is 3.25. The van der Waals surface area contributed by atoms with Crippen LogP contribution in [-0.4, -0.2) is 4.57 Å². The van der Waals surface area contributed by atoms with Crippen molar-refractivity contribution in [1.29, 1.82) is 0 Å². The van der Waals surface area contributed by atoms with Gasteiger partial charge in [-0.1, -0.05) is 6.07 Å². The number of furan rings is 1. The predicted octanol–water partition coefficient (Wildman–Crippen LogP) is 3.01. The first kappa shape index (κ1) is 11.1. The molecule has 18 heavy (non-hydrogen) atoms. The fourth-order valence-corrected chi connectivity index (χ4v) is 2.27. The third-order valence-electron chi connectivity index (χ3n) is 3.25. The molecule has 0 aliphatic carbocycles. The summed E-state index contributed by atoms with van der Waals surface area (Å²) in [6.45, 7) is 0. The van der Waals surface area contributed by atoms with Crippen LogP contribution in [0.3, 0.4) is 0 Å². The first-order valence-corrected chi connectivity index (χ1v) is 6.06. The van der Waals surface area contributed by atoms with Crippen LogP contribution >= 0.6 is 0 Å². The Morgan fingerprint density at radius 1 is 1.28 bits per heavy atom. The Balaban J connectivity index is 1.84. The van der Waals surface area contributed by atoms with Gasteiger partial charge in [0.1, 0.15) is 5.58 Å². The Labute approximate surface area is 106 Å². The lowest BCUT2D eigenvalue weighted by Crippen LogP contribution is -2.12. The second kappa shape index (κ2) is 4.35. The molecule has 0 spiro atoms. The van der Waals surface area contributed by atoms with Gasteiger partial charge in [0.25, 0.3) is 0 Å². The van der Waals surface area contributed by atoms with Gasteiger partial charge in [-0.3, -0.25) is 0 Å². The predicted molar refractivity (Wildman–Crippen MR) is 72.3 cm³/mol. The van der Waals surface area contributed by atoms with Crippen molar-refractivity contribution in [3.63, 3.8) is 0 Å². The summed E-state index contributed by atoms with van der Waals surface area (Å²) in [6.07, 6.45) is 6.71. The first-order valence-electron chi connectivity index (χ1n) is 6.06. The van der Waals surface area contributed by atoms with Gasteiger partial charge in [-0.25, -0.2) is 0 Å². The molecule has 3 nitrogen and oxygen atoms in total. The second-order valence-electron chi connectivity index (χ2n) is 4.71. The molecular formula is C15H16N2O. The number of hydrogen-bond donors (Lipinski definition) is 1. The lowest BCUT2D eigenvalue weighted by atomic mass is 10.0. The minimum atomic E-state index is 0.0201.